The lowest BCUT2D eigenvalue weighted by atomic mass is 9.78. The van der Waals surface area contributed by atoms with Crippen molar-refractivity contribution in [2.24, 2.45) is 23.5 Å². The number of nitrogens with two attached hydrogens (primary N) is 1. The maximum atomic E-state index is 12.6. The molecule has 1 aliphatic carbocycles. The second-order valence-corrected chi connectivity index (χ2v) is 6.29. The highest BCUT2D eigenvalue weighted by Gasteiger charge is 2.42. The molecule has 3 unspecified atom stereocenters. The average Bonchev–Trinajstić information content (AvgIpc) is 2.40. The van der Waals surface area contributed by atoms with E-state index in [1.54, 1.807) is 4.90 Å². The molecule has 116 valence electrons. The van der Waals surface area contributed by atoms with E-state index in [0.717, 1.165) is 19.3 Å². The maximum absolute atomic E-state index is 12.6. The molecule has 2 rings (SSSR count). The van der Waals surface area contributed by atoms with Crippen molar-refractivity contribution < 1.29 is 18.0 Å². The first-order valence-corrected chi connectivity index (χ1v) is 7.40. The lowest BCUT2D eigenvalue weighted by Crippen LogP contribution is -2.46. The van der Waals surface area contributed by atoms with E-state index >= 15 is 0 Å². The zero-order chi connectivity index (χ0) is 14.9. The Bertz CT molecular complexity index is 351. The molecule has 0 aromatic rings. The third-order valence-corrected chi connectivity index (χ3v) is 4.85. The van der Waals surface area contributed by atoms with Gasteiger partial charge in [0, 0.05) is 25.0 Å². The lowest BCUT2D eigenvalue weighted by Gasteiger charge is -2.38. The van der Waals surface area contributed by atoms with Gasteiger partial charge < -0.3 is 10.6 Å². The first kappa shape index (κ1) is 15.6. The van der Waals surface area contributed by atoms with E-state index < -0.39 is 12.1 Å². The second-order valence-electron chi connectivity index (χ2n) is 6.29. The summed E-state index contributed by atoms with van der Waals surface area (Å²) in [6, 6.07) is 0.148. The Morgan fingerprint density at radius 1 is 1.15 bits per heavy atom. The van der Waals surface area contributed by atoms with Crippen molar-refractivity contribution >= 4 is 5.91 Å². The standard InChI is InChI=1S/C14H23F3N2O/c1-9-8-10(2-3-12(9)18)13(20)19-6-4-11(5-7-19)14(15,16)17/h9-12H,2-8,18H2,1H3. The summed E-state index contributed by atoms with van der Waals surface area (Å²) in [6.45, 7) is 2.51. The Morgan fingerprint density at radius 3 is 2.25 bits per heavy atom. The summed E-state index contributed by atoms with van der Waals surface area (Å²) < 4.78 is 37.8. The largest absolute Gasteiger partial charge is 0.391 e. The molecule has 2 fully saturated rings. The van der Waals surface area contributed by atoms with E-state index in [-0.39, 0.29) is 43.8 Å². The molecule has 3 atom stereocenters. The summed E-state index contributed by atoms with van der Waals surface area (Å²) in [5.41, 5.74) is 5.94. The van der Waals surface area contributed by atoms with Gasteiger partial charge in [-0.15, -0.1) is 0 Å². The van der Waals surface area contributed by atoms with E-state index in [4.69, 9.17) is 5.73 Å². The molecule has 20 heavy (non-hydrogen) atoms. The molecular weight excluding hydrogens is 269 g/mol. The normalized spacial score (nSPS) is 33.2. The highest BCUT2D eigenvalue weighted by molar-refractivity contribution is 5.79. The first-order valence-electron chi connectivity index (χ1n) is 7.40. The fourth-order valence-electron chi connectivity index (χ4n) is 3.33. The Labute approximate surface area is 117 Å². The summed E-state index contributed by atoms with van der Waals surface area (Å²) in [5, 5.41) is 0. The molecule has 2 aliphatic rings. The van der Waals surface area contributed by atoms with Crippen LogP contribution in [0.1, 0.15) is 39.0 Å². The molecule has 0 radical (unpaired) electrons. The van der Waals surface area contributed by atoms with Crippen LogP contribution in [0.15, 0.2) is 0 Å². The van der Waals surface area contributed by atoms with Gasteiger partial charge in [-0.3, -0.25) is 4.79 Å². The van der Waals surface area contributed by atoms with Gasteiger partial charge in [0.05, 0.1) is 5.92 Å². The van der Waals surface area contributed by atoms with Gasteiger partial charge in [0.1, 0.15) is 0 Å². The Balaban J connectivity index is 1.86. The number of carbonyl (C=O) groups is 1. The van der Waals surface area contributed by atoms with Crippen LogP contribution in [0.3, 0.4) is 0 Å². The molecule has 0 spiro atoms. The molecule has 0 bridgehead atoms. The van der Waals surface area contributed by atoms with Gasteiger partial charge in [0.2, 0.25) is 5.91 Å². The zero-order valence-corrected chi connectivity index (χ0v) is 11.8. The van der Waals surface area contributed by atoms with Crippen molar-refractivity contribution in [1.29, 1.82) is 0 Å². The van der Waals surface area contributed by atoms with Crippen LogP contribution >= 0.6 is 0 Å². The minimum atomic E-state index is -4.12. The Kier molecular flexibility index (Phi) is 4.62. The summed E-state index contributed by atoms with van der Waals surface area (Å²) >= 11 is 0. The number of amides is 1. The number of hydrogen-bond acceptors (Lipinski definition) is 2. The number of carbonyl (C=O) groups excluding carboxylic acids is 1. The minimum absolute atomic E-state index is 0.0318. The third kappa shape index (κ3) is 3.45. The highest BCUT2D eigenvalue weighted by Crippen LogP contribution is 2.35. The van der Waals surface area contributed by atoms with Crippen molar-refractivity contribution in [3.05, 3.63) is 0 Å². The molecule has 1 saturated heterocycles. The minimum Gasteiger partial charge on any atom is -0.342 e. The number of hydrogen-bond donors (Lipinski definition) is 1. The van der Waals surface area contributed by atoms with Crippen molar-refractivity contribution in [2.45, 2.75) is 51.2 Å². The van der Waals surface area contributed by atoms with Crippen molar-refractivity contribution in [1.82, 2.24) is 4.90 Å². The number of alkyl halides is 3. The van der Waals surface area contributed by atoms with Gasteiger partial charge in [-0.05, 0) is 38.0 Å². The van der Waals surface area contributed by atoms with Crippen molar-refractivity contribution in [3.8, 4) is 0 Å². The summed E-state index contributed by atoms with van der Waals surface area (Å²) in [5.74, 6) is -0.952. The van der Waals surface area contributed by atoms with Crippen LogP contribution in [0, 0.1) is 17.8 Å². The molecule has 1 saturated carbocycles. The molecule has 2 N–H and O–H groups in total. The lowest BCUT2D eigenvalue weighted by molar-refractivity contribution is -0.187. The molecule has 0 aromatic heterocycles. The zero-order valence-electron chi connectivity index (χ0n) is 11.8. The summed E-state index contributed by atoms with van der Waals surface area (Å²) in [7, 11) is 0. The smallest absolute Gasteiger partial charge is 0.342 e. The first-order chi connectivity index (χ1) is 9.29. The highest BCUT2D eigenvalue weighted by atomic mass is 19.4. The number of nitrogens with zero attached hydrogens (tertiary/aromatic N) is 1. The molecule has 1 heterocycles. The summed E-state index contributed by atoms with van der Waals surface area (Å²) in [4.78, 5) is 14.0. The fourth-order valence-corrected chi connectivity index (χ4v) is 3.33. The van der Waals surface area contributed by atoms with E-state index in [1.165, 1.54) is 0 Å². The molecule has 0 aromatic carbocycles. The topological polar surface area (TPSA) is 46.3 Å². The van der Waals surface area contributed by atoms with Crippen molar-refractivity contribution in [3.63, 3.8) is 0 Å². The predicted octanol–water partition coefficient (Wildman–Crippen LogP) is 2.55. The van der Waals surface area contributed by atoms with E-state index in [1.807, 2.05) is 6.92 Å². The van der Waals surface area contributed by atoms with Crippen LogP contribution in [0.5, 0.6) is 0 Å². The van der Waals surface area contributed by atoms with Crippen LogP contribution in [-0.2, 0) is 4.79 Å². The number of halogens is 3. The van der Waals surface area contributed by atoms with E-state index in [2.05, 4.69) is 0 Å². The molecule has 1 aliphatic heterocycles. The van der Waals surface area contributed by atoms with Crippen LogP contribution in [0.2, 0.25) is 0 Å². The maximum Gasteiger partial charge on any atom is 0.391 e. The molecular formula is C14H23F3N2O. The molecule has 3 nitrogen and oxygen atoms in total. The predicted molar refractivity (Wildman–Crippen MR) is 69.8 cm³/mol. The van der Waals surface area contributed by atoms with Gasteiger partial charge in [0.15, 0.2) is 0 Å². The Hall–Kier alpha value is -0.780. The SMILES string of the molecule is CC1CC(C(=O)N2CCC(C(F)(F)F)CC2)CCC1N. The van der Waals surface area contributed by atoms with E-state index in [9.17, 15) is 18.0 Å². The third-order valence-electron chi connectivity index (χ3n) is 4.85. The number of rotatable bonds is 1. The van der Waals surface area contributed by atoms with Gasteiger partial charge >= 0.3 is 6.18 Å². The van der Waals surface area contributed by atoms with Gasteiger partial charge in [-0.2, -0.15) is 13.2 Å². The van der Waals surface area contributed by atoms with E-state index in [0.29, 0.717) is 5.92 Å². The van der Waals surface area contributed by atoms with Crippen LogP contribution in [-0.4, -0.2) is 36.1 Å². The number of likely N-dealkylation sites (tertiary alicyclic amines) is 1. The van der Waals surface area contributed by atoms with Gasteiger partial charge in [-0.25, -0.2) is 0 Å². The van der Waals surface area contributed by atoms with Gasteiger partial charge in [0.25, 0.3) is 0 Å². The van der Waals surface area contributed by atoms with Crippen LogP contribution < -0.4 is 5.73 Å². The molecule has 1 amide bonds. The second kappa shape index (κ2) is 5.92. The monoisotopic (exact) mass is 292 g/mol. The van der Waals surface area contributed by atoms with Gasteiger partial charge in [-0.1, -0.05) is 6.92 Å². The number of piperidine rings is 1. The van der Waals surface area contributed by atoms with Crippen LogP contribution in [0.25, 0.3) is 0 Å². The fraction of sp³-hybridized carbons (Fsp3) is 0.929. The Morgan fingerprint density at radius 2 is 1.75 bits per heavy atom. The quantitative estimate of drug-likeness (QED) is 0.807. The summed E-state index contributed by atoms with van der Waals surface area (Å²) in [6.07, 6.45) is -1.69. The van der Waals surface area contributed by atoms with Crippen LogP contribution in [0.4, 0.5) is 13.2 Å². The van der Waals surface area contributed by atoms with Crippen molar-refractivity contribution in [2.75, 3.05) is 13.1 Å². The molecule has 6 heteroatoms. The average molecular weight is 292 g/mol.